The molecule has 0 bridgehead atoms. The van der Waals surface area contributed by atoms with Gasteiger partial charge in [0.15, 0.2) is 6.10 Å². The van der Waals surface area contributed by atoms with Gasteiger partial charge in [0.25, 0.3) is 0 Å². The van der Waals surface area contributed by atoms with Crippen LogP contribution in [-0.2, 0) is 23.4 Å². The van der Waals surface area contributed by atoms with E-state index in [-0.39, 0.29) is 24.6 Å². The Labute approximate surface area is 191 Å². The van der Waals surface area contributed by atoms with Crippen LogP contribution < -0.4 is 21.0 Å². The van der Waals surface area contributed by atoms with Crippen molar-refractivity contribution in [2.75, 3.05) is 18.9 Å². The molecule has 2 aliphatic rings. The average molecular weight is 502 g/mol. The monoisotopic (exact) mass is 502 g/mol. The molecule has 0 spiro atoms. The number of anilines is 1. The SMILES string of the molecule is Nc1ccn(C2OC(COP(=O)(NC3CCOC3=O)Oc3ccccc3)C(O)C2(F)F)c(=O)n1. The number of aliphatic hydroxyl groups is 1. The number of nitrogens with two attached hydrogens (primary N) is 1. The van der Waals surface area contributed by atoms with Crippen LogP contribution in [0.4, 0.5) is 14.6 Å². The third-order valence-corrected chi connectivity index (χ3v) is 6.68. The van der Waals surface area contributed by atoms with Gasteiger partial charge in [-0.2, -0.15) is 18.9 Å². The molecule has 2 fully saturated rings. The van der Waals surface area contributed by atoms with Crippen LogP contribution in [0.15, 0.2) is 47.4 Å². The molecule has 5 atom stereocenters. The molecular formula is C19H21F2N4O8P. The molecule has 2 aliphatic heterocycles. The number of aliphatic hydroxyl groups excluding tert-OH is 1. The minimum absolute atomic E-state index is 0.0879. The quantitative estimate of drug-likeness (QED) is 0.346. The number of para-hydroxylation sites is 1. The summed E-state index contributed by atoms with van der Waals surface area (Å²) in [6, 6.07) is 7.90. The van der Waals surface area contributed by atoms with Crippen LogP contribution in [0.25, 0.3) is 0 Å². The second kappa shape index (κ2) is 9.39. The van der Waals surface area contributed by atoms with Gasteiger partial charge in [-0.25, -0.2) is 9.36 Å². The first-order valence-electron chi connectivity index (χ1n) is 10.1. The number of halogens is 2. The van der Waals surface area contributed by atoms with Gasteiger partial charge in [0, 0.05) is 12.6 Å². The Morgan fingerprint density at radius 3 is 2.68 bits per heavy atom. The summed E-state index contributed by atoms with van der Waals surface area (Å²) in [5, 5.41) is 12.6. The van der Waals surface area contributed by atoms with Crippen molar-refractivity contribution >= 4 is 19.5 Å². The van der Waals surface area contributed by atoms with Gasteiger partial charge < -0.3 is 24.8 Å². The summed E-state index contributed by atoms with van der Waals surface area (Å²) in [6.07, 6.45) is -5.22. The van der Waals surface area contributed by atoms with Crippen molar-refractivity contribution in [3.8, 4) is 5.75 Å². The number of alkyl halides is 2. The highest BCUT2D eigenvalue weighted by molar-refractivity contribution is 7.52. The highest BCUT2D eigenvalue weighted by Gasteiger charge is 2.60. The lowest BCUT2D eigenvalue weighted by Gasteiger charge is -2.23. The molecule has 4 N–H and O–H groups in total. The number of carbonyl (C=O) groups excluding carboxylic acids is 1. The largest absolute Gasteiger partial charge is 0.464 e. The second-order valence-electron chi connectivity index (χ2n) is 7.52. The third kappa shape index (κ3) is 4.95. The Morgan fingerprint density at radius 2 is 2.03 bits per heavy atom. The van der Waals surface area contributed by atoms with Gasteiger partial charge in [-0.05, 0) is 18.2 Å². The molecule has 2 aromatic rings. The Kier molecular flexibility index (Phi) is 6.69. The first kappa shape index (κ1) is 24.2. The summed E-state index contributed by atoms with van der Waals surface area (Å²) in [5.41, 5.74) is 4.26. The van der Waals surface area contributed by atoms with Gasteiger partial charge in [-0.1, -0.05) is 18.2 Å². The van der Waals surface area contributed by atoms with Crippen LogP contribution in [0.3, 0.4) is 0 Å². The smallest absolute Gasteiger partial charge is 0.459 e. The fourth-order valence-corrected chi connectivity index (χ4v) is 4.93. The third-order valence-electron chi connectivity index (χ3n) is 5.11. The highest BCUT2D eigenvalue weighted by Crippen LogP contribution is 2.48. The van der Waals surface area contributed by atoms with E-state index in [1.165, 1.54) is 12.1 Å². The molecule has 3 heterocycles. The zero-order chi connectivity index (χ0) is 24.5. The van der Waals surface area contributed by atoms with Crippen molar-refractivity contribution in [3.63, 3.8) is 0 Å². The van der Waals surface area contributed by atoms with E-state index >= 15 is 0 Å². The zero-order valence-corrected chi connectivity index (χ0v) is 18.3. The summed E-state index contributed by atoms with van der Waals surface area (Å²) in [5.74, 6) is -4.68. The lowest BCUT2D eigenvalue weighted by Crippen LogP contribution is -2.42. The number of hydrogen-bond acceptors (Lipinski definition) is 10. The molecule has 1 aromatic heterocycles. The second-order valence-corrected chi connectivity index (χ2v) is 9.22. The number of benzene rings is 1. The molecule has 0 saturated carbocycles. The van der Waals surface area contributed by atoms with E-state index < -0.39 is 56.4 Å². The molecule has 0 radical (unpaired) electrons. The van der Waals surface area contributed by atoms with E-state index in [9.17, 15) is 28.0 Å². The first-order chi connectivity index (χ1) is 16.1. The van der Waals surface area contributed by atoms with Crippen LogP contribution in [-0.4, -0.2) is 58.0 Å². The summed E-state index contributed by atoms with van der Waals surface area (Å²) >= 11 is 0. The number of aromatic nitrogens is 2. The summed E-state index contributed by atoms with van der Waals surface area (Å²) in [7, 11) is -4.34. The van der Waals surface area contributed by atoms with Crippen LogP contribution >= 0.6 is 7.75 Å². The lowest BCUT2D eigenvalue weighted by atomic mass is 10.1. The number of nitrogens with one attached hydrogen (secondary N) is 1. The lowest BCUT2D eigenvalue weighted by molar-refractivity contribution is -0.141. The maximum Gasteiger partial charge on any atom is 0.459 e. The molecule has 184 valence electrons. The van der Waals surface area contributed by atoms with Crippen LogP contribution in [0, 0.1) is 0 Å². The molecule has 5 unspecified atom stereocenters. The minimum atomic E-state index is -4.34. The first-order valence-corrected chi connectivity index (χ1v) is 11.6. The molecule has 2 saturated heterocycles. The molecule has 12 nitrogen and oxygen atoms in total. The molecular weight excluding hydrogens is 481 g/mol. The van der Waals surface area contributed by atoms with Gasteiger partial charge in [0.1, 0.15) is 23.7 Å². The Balaban J connectivity index is 1.52. The molecule has 34 heavy (non-hydrogen) atoms. The van der Waals surface area contributed by atoms with Crippen molar-refractivity contribution < 1.29 is 41.8 Å². The fraction of sp³-hybridized carbons (Fsp3) is 0.421. The number of esters is 1. The Bertz CT molecular complexity index is 1150. The molecule has 1 aromatic carbocycles. The van der Waals surface area contributed by atoms with E-state index in [1.807, 2.05) is 0 Å². The van der Waals surface area contributed by atoms with E-state index in [2.05, 4.69) is 10.1 Å². The Morgan fingerprint density at radius 1 is 1.29 bits per heavy atom. The zero-order valence-electron chi connectivity index (χ0n) is 17.5. The normalized spacial score (nSPS) is 27.8. The molecule has 4 rings (SSSR count). The molecule has 15 heteroatoms. The summed E-state index contributed by atoms with van der Waals surface area (Å²) in [4.78, 5) is 27.2. The standard InChI is InChI=1S/C19H21F2N4O8P/c20-19(21)15(26)13(32-17(19)25-8-6-14(22)23-18(25)28)10-31-34(29,24-12-7-9-30-16(12)27)33-11-4-2-1-3-5-11/h1-6,8,12-13,15,17,26H,7,9-10H2,(H,24,29)(H2,22,23,28). The van der Waals surface area contributed by atoms with Crippen LogP contribution in [0.5, 0.6) is 5.75 Å². The topological polar surface area (TPSA) is 164 Å². The number of carbonyl (C=O) groups is 1. The predicted molar refractivity (Wildman–Crippen MR) is 111 cm³/mol. The number of hydrogen-bond donors (Lipinski definition) is 3. The van der Waals surface area contributed by atoms with E-state index in [4.69, 9.17) is 24.3 Å². The van der Waals surface area contributed by atoms with Crippen molar-refractivity contribution in [3.05, 3.63) is 53.1 Å². The highest BCUT2D eigenvalue weighted by atomic mass is 31.2. The van der Waals surface area contributed by atoms with Crippen molar-refractivity contribution in [1.82, 2.24) is 14.6 Å². The van der Waals surface area contributed by atoms with E-state index in [0.29, 0.717) is 4.57 Å². The van der Waals surface area contributed by atoms with Crippen molar-refractivity contribution in [2.45, 2.75) is 36.8 Å². The van der Waals surface area contributed by atoms with E-state index in [1.54, 1.807) is 18.2 Å². The van der Waals surface area contributed by atoms with Gasteiger partial charge in [-0.3, -0.25) is 13.9 Å². The maximum absolute atomic E-state index is 14.7. The minimum Gasteiger partial charge on any atom is -0.464 e. The number of nitrogen functional groups attached to an aromatic ring is 1. The average Bonchev–Trinajstić information content (AvgIpc) is 3.28. The number of ether oxygens (including phenoxy) is 2. The predicted octanol–water partition coefficient (Wildman–Crippen LogP) is 0.828. The summed E-state index contributed by atoms with van der Waals surface area (Å²) in [6.45, 7) is -0.742. The summed E-state index contributed by atoms with van der Waals surface area (Å²) < 4.78 is 64.1. The number of nitrogens with zero attached hydrogens (tertiary/aromatic N) is 2. The molecule has 0 aliphatic carbocycles. The van der Waals surface area contributed by atoms with Crippen LogP contribution in [0.2, 0.25) is 0 Å². The molecule has 0 amide bonds. The van der Waals surface area contributed by atoms with Gasteiger partial charge in [-0.15, -0.1) is 0 Å². The van der Waals surface area contributed by atoms with Gasteiger partial charge >= 0.3 is 25.3 Å². The van der Waals surface area contributed by atoms with Crippen molar-refractivity contribution in [2.24, 2.45) is 0 Å². The number of cyclic esters (lactones) is 1. The maximum atomic E-state index is 14.7. The van der Waals surface area contributed by atoms with Gasteiger partial charge in [0.05, 0.1) is 13.2 Å². The van der Waals surface area contributed by atoms with E-state index in [0.717, 1.165) is 12.3 Å². The fourth-order valence-electron chi connectivity index (χ4n) is 3.40. The Hall–Kier alpha value is -2.90. The van der Waals surface area contributed by atoms with Gasteiger partial charge in [0.2, 0.25) is 6.23 Å². The van der Waals surface area contributed by atoms with Crippen molar-refractivity contribution in [1.29, 1.82) is 0 Å². The number of rotatable bonds is 8. The van der Waals surface area contributed by atoms with Crippen LogP contribution in [0.1, 0.15) is 12.6 Å².